The van der Waals surface area contributed by atoms with Gasteiger partial charge in [-0.2, -0.15) is 9.98 Å². The largest absolute Gasteiger partial charge is 0.489 e. The minimum absolute atomic E-state index is 0.0957. The van der Waals surface area contributed by atoms with Crippen molar-refractivity contribution in [3.63, 3.8) is 0 Å². The van der Waals surface area contributed by atoms with Crippen molar-refractivity contribution in [1.82, 2.24) is 0 Å². The van der Waals surface area contributed by atoms with Crippen molar-refractivity contribution in [3.8, 4) is 22.6 Å². The third kappa shape index (κ3) is 3.58. The van der Waals surface area contributed by atoms with Crippen molar-refractivity contribution in [1.29, 1.82) is 0 Å². The first-order valence-corrected chi connectivity index (χ1v) is 7.44. The highest BCUT2D eigenvalue weighted by atomic mass is 16.5. The predicted molar refractivity (Wildman–Crippen MR) is 89.8 cm³/mol. The summed E-state index contributed by atoms with van der Waals surface area (Å²) in [6.07, 6.45) is 2.93. The first-order chi connectivity index (χ1) is 11.8. The average Bonchev–Trinajstić information content (AvgIpc) is 2.60. The summed E-state index contributed by atoms with van der Waals surface area (Å²) < 4.78 is 11.4. The van der Waals surface area contributed by atoms with Crippen LogP contribution in [0.25, 0.3) is 11.1 Å². The van der Waals surface area contributed by atoms with E-state index in [4.69, 9.17) is 9.47 Å². The van der Waals surface area contributed by atoms with Crippen molar-refractivity contribution >= 4 is 23.5 Å². The van der Waals surface area contributed by atoms with Crippen LogP contribution >= 0.6 is 0 Å². The second kappa shape index (κ2) is 8.44. The lowest BCUT2D eigenvalue weighted by molar-refractivity contribution is 0.290. The normalized spacial score (nSPS) is 9.58. The maximum atomic E-state index is 10.8. The molecular formula is C18H16N2O4. The van der Waals surface area contributed by atoms with Crippen molar-refractivity contribution in [2.45, 2.75) is 13.8 Å². The Hall–Kier alpha value is -3.20. The number of hydrogen-bond acceptors (Lipinski definition) is 6. The van der Waals surface area contributed by atoms with Crippen molar-refractivity contribution < 1.29 is 19.1 Å². The van der Waals surface area contributed by atoms with Gasteiger partial charge in [0, 0.05) is 5.56 Å². The molecule has 0 saturated heterocycles. The molecule has 0 aliphatic rings. The van der Waals surface area contributed by atoms with Gasteiger partial charge >= 0.3 is 0 Å². The fourth-order valence-electron chi connectivity index (χ4n) is 2.30. The van der Waals surface area contributed by atoms with Crippen LogP contribution < -0.4 is 9.47 Å². The van der Waals surface area contributed by atoms with Crippen LogP contribution in [0.15, 0.2) is 46.4 Å². The minimum atomic E-state index is 0.0957. The molecule has 6 nitrogen and oxygen atoms in total. The molecule has 0 aliphatic heterocycles. The fraction of sp³-hybridized carbons (Fsp3) is 0.222. The standard InChI is InChI=1S/C18H16N2O4/c1-3-23-17-14(13-8-6-5-7-9-13)10-15(19-11-21)16(20-12-22)18(17)24-4-2/h5-10H,3-4H2,1-2H3. The third-order valence-corrected chi connectivity index (χ3v) is 3.18. The molecule has 0 saturated carbocycles. The van der Waals surface area contributed by atoms with Gasteiger partial charge in [-0.3, -0.25) is 0 Å². The molecule has 0 atom stereocenters. The number of hydrogen-bond donors (Lipinski definition) is 0. The second-order valence-corrected chi connectivity index (χ2v) is 4.59. The van der Waals surface area contributed by atoms with E-state index in [-0.39, 0.29) is 17.1 Å². The van der Waals surface area contributed by atoms with Gasteiger partial charge in [-0.15, -0.1) is 0 Å². The van der Waals surface area contributed by atoms with Gasteiger partial charge < -0.3 is 9.47 Å². The summed E-state index contributed by atoms with van der Waals surface area (Å²) in [7, 11) is 0. The molecule has 0 aromatic heterocycles. The smallest absolute Gasteiger partial charge is 0.240 e. The maximum absolute atomic E-state index is 10.8. The predicted octanol–water partition coefficient (Wildman–Crippen LogP) is 4.09. The molecule has 0 unspecified atom stereocenters. The average molecular weight is 324 g/mol. The molecule has 0 heterocycles. The quantitative estimate of drug-likeness (QED) is 0.568. The van der Waals surface area contributed by atoms with E-state index in [9.17, 15) is 9.59 Å². The van der Waals surface area contributed by atoms with E-state index in [1.165, 1.54) is 12.2 Å². The van der Waals surface area contributed by atoms with Crippen LogP contribution in [0.2, 0.25) is 0 Å². The van der Waals surface area contributed by atoms with E-state index in [1.54, 1.807) is 13.0 Å². The van der Waals surface area contributed by atoms with Gasteiger partial charge in [0.25, 0.3) is 0 Å². The number of ether oxygens (including phenoxy) is 2. The molecule has 24 heavy (non-hydrogen) atoms. The van der Waals surface area contributed by atoms with E-state index in [1.807, 2.05) is 37.3 Å². The van der Waals surface area contributed by atoms with Crippen molar-refractivity contribution in [3.05, 3.63) is 36.4 Å². The van der Waals surface area contributed by atoms with Crippen LogP contribution in [-0.2, 0) is 9.59 Å². The zero-order valence-electron chi connectivity index (χ0n) is 13.4. The Labute approximate surface area is 139 Å². The summed E-state index contributed by atoms with van der Waals surface area (Å²) in [5.41, 5.74) is 1.79. The first kappa shape index (κ1) is 17.2. The molecular weight excluding hydrogens is 308 g/mol. The Morgan fingerprint density at radius 2 is 1.54 bits per heavy atom. The number of rotatable bonds is 7. The van der Waals surface area contributed by atoms with E-state index in [2.05, 4.69) is 9.98 Å². The lowest BCUT2D eigenvalue weighted by Crippen LogP contribution is -2.01. The lowest BCUT2D eigenvalue weighted by Gasteiger charge is -2.18. The second-order valence-electron chi connectivity index (χ2n) is 4.59. The highest BCUT2D eigenvalue weighted by molar-refractivity contribution is 5.87. The number of benzene rings is 2. The molecule has 2 aromatic rings. The van der Waals surface area contributed by atoms with E-state index in [0.29, 0.717) is 24.5 Å². The van der Waals surface area contributed by atoms with E-state index in [0.717, 1.165) is 5.56 Å². The molecule has 0 radical (unpaired) electrons. The fourth-order valence-corrected chi connectivity index (χ4v) is 2.30. The van der Waals surface area contributed by atoms with Gasteiger partial charge in [0.2, 0.25) is 12.2 Å². The van der Waals surface area contributed by atoms with Gasteiger partial charge in [0.05, 0.1) is 13.2 Å². The third-order valence-electron chi connectivity index (χ3n) is 3.18. The molecule has 0 aliphatic carbocycles. The number of nitrogens with zero attached hydrogens (tertiary/aromatic N) is 2. The molecule has 2 aromatic carbocycles. The Morgan fingerprint density at radius 3 is 2.12 bits per heavy atom. The molecule has 0 N–H and O–H groups in total. The van der Waals surface area contributed by atoms with Gasteiger partial charge in [0.15, 0.2) is 11.5 Å². The SMILES string of the molecule is CCOc1c(-c2ccccc2)cc(N=C=O)c(N=C=O)c1OCC. The Morgan fingerprint density at radius 1 is 0.917 bits per heavy atom. The molecule has 6 heteroatoms. The van der Waals surface area contributed by atoms with Gasteiger partial charge in [-0.1, -0.05) is 30.3 Å². The van der Waals surface area contributed by atoms with Gasteiger partial charge in [-0.25, -0.2) is 9.59 Å². The maximum Gasteiger partial charge on any atom is 0.240 e. The molecule has 122 valence electrons. The summed E-state index contributed by atoms with van der Waals surface area (Å²) in [4.78, 5) is 28.8. The summed E-state index contributed by atoms with van der Waals surface area (Å²) in [6.45, 7) is 4.34. The molecule has 0 bridgehead atoms. The summed E-state index contributed by atoms with van der Waals surface area (Å²) >= 11 is 0. The molecule has 2 rings (SSSR count). The zero-order chi connectivity index (χ0) is 17.4. The van der Waals surface area contributed by atoms with Crippen molar-refractivity contribution in [2.75, 3.05) is 13.2 Å². The molecule has 0 fully saturated rings. The van der Waals surface area contributed by atoms with Crippen LogP contribution in [0, 0.1) is 0 Å². The minimum Gasteiger partial charge on any atom is -0.489 e. The zero-order valence-corrected chi connectivity index (χ0v) is 13.4. The number of aliphatic imine (C=N–C) groups is 2. The monoisotopic (exact) mass is 324 g/mol. The molecule has 0 spiro atoms. The van der Waals surface area contributed by atoms with Crippen LogP contribution in [0.5, 0.6) is 11.5 Å². The van der Waals surface area contributed by atoms with Gasteiger partial charge in [0.1, 0.15) is 11.4 Å². The molecule has 0 amide bonds. The lowest BCUT2D eigenvalue weighted by atomic mass is 10.0. The van der Waals surface area contributed by atoms with E-state index < -0.39 is 0 Å². The van der Waals surface area contributed by atoms with Crippen LogP contribution in [0.4, 0.5) is 11.4 Å². The van der Waals surface area contributed by atoms with Crippen LogP contribution in [0.3, 0.4) is 0 Å². The summed E-state index contributed by atoms with van der Waals surface area (Å²) in [6, 6.07) is 11.1. The van der Waals surface area contributed by atoms with Crippen LogP contribution in [0.1, 0.15) is 13.8 Å². The van der Waals surface area contributed by atoms with E-state index >= 15 is 0 Å². The topological polar surface area (TPSA) is 77.3 Å². The summed E-state index contributed by atoms with van der Waals surface area (Å²) in [5, 5.41) is 0. The number of carbonyl (C=O) groups excluding carboxylic acids is 2. The number of isocyanates is 2. The highest BCUT2D eigenvalue weighted by Crippen LogP contribution is 2.50. The first-order valence-electron chi connectivity index (χ1n) is 7.44. The van der Waals surface area contributed by atoms with Crippen molar-refractivity contribution in [2.24, 2.45) is 9.98 Å². The summed E-state index contributed by atoms with van der Waals surface area (Å²) in [5.74, 6) is 0.683. The Balaban J connectivity index is 2.87. The van der Waals surface area contributed by atoms with Crippen LogP contribution in [-0.4, -0.2) is 25.4 Å². The Kier molecular flexibility index (Phi) is 6.03. The highest BCUT2D eigenvalue weighted by Gasteiger charge is 2.21. The van der Waals surface area contributed by atoms with Gasteiger partial charge in [-0.05, 0) is 25.5 Å². The Bertz CT molecular complexity index is 806.